The molecule has 0 saturated carbocycles. The molecule has 0 aliphatic carbocycles. The smallest absolute Gasteiger partial charge is 0.311 e. The summed E-state index contributed by atoms with van der Waals surface area (Å²) in [5.74, 6) is -0.335. The Hall–Kier alpha value is -0.730. The lowest BCUT2D eigenvalue weighted by molar-refractivity contribution is -0.892. The lowest BCUT2D eigenvalue weighted by Gasteiger charge is -2.28. The molecule has 15 heavy (non-hydrogen) atoms. The molecule has 0 radical (unpaired) electrons. The summed E-state index contributed by atoms with van der Waals surface area (Å²) < 4.78 is 41.4. The zero-order chi connectivity index (χ0) is 12.1. The number of nitrogens with one attached hydrogen (secondary N) is 1. The van der Waals surface area contributed by atoms with E-state index < -0.39 is 16.3 Å². The second-order valence-corrected chi connectivity index (χ2v) is 5.48. The van der Waals surface area contributed by atoms with Gasteiger partial charge < -0.3 is 4.48 Å². The first-order valence-corrected chi connectivity index (χ1v) is 5.94. The van der Waals surface area contributed by atoms with E-state index in [1.165, 1.54) is 0 Å². The van der Waals surface area contributed by atoms with Crippen molar-refractivity contribution in [3.63, 3.8) is 0 Å². The third-order valence-electron chi connectivity index (χ3n) is 1.81. The molecule has 90 valence electrons. The number of hydrogen-bond donors (Lipinski definition) is 2. The Kier molecular flexibility index (Phi) is 5.12. The van der Waals surface area contributed by atoms with E-state index in [4.69, 9.17) is 4.55 Å². The molecule has 0 aliphatic heterocycles. The predicted octanol–water partition coefficient (Wildman–Crippen LogP) is -0.0227. The van der Waals surface area contributed by atoms with Crippen LogP contribution in [0.3, 0.4) is 0 Å². The Balaban J connectivity index is 3.88. The fourth-order valence-corrected chi connectivity index (χ4v) is 1.52. The molecular formula is C7H16FN2O4S+. The first-order chi connectivity index (χ1) is 6.62. The van der Waals surface area contributed by atoms with Gasteiger partial charge in [0.25, 0.3) is 10.1 Å². The molecule has 0 rings (SSSR count). The van der Waals surface area contributed by atoms with Crippen molar-refractivity contribution in [1.29, 1.82) is 0 Å². The molecule has 0 fully saturated rings. The Labute approximate surface area is 88.4 Å². The molecular weight excluding hydrogens is 227 g/mol. The summed E-state index contributed by atoms with van der Waals surface area (Å²) in [5, 5.41) is 1.99. The molecule has 1 amide bonds. The molecule has 0 saturated heterocycles. The van der Waals surface area contributed by atoms with Crippen molar-refractivity contribution in [2.24, 2.45) is 0 Å². The van der Waals surface area contributed by atoms with E-state index in [0.29, 0.717) is 6.54 Å². The number of carbonyl (C=O) groups is 1. The molecule has 0 aromatic rings. The van der Waals surface area contributed by atoms with Gasteiger partial charge in [0.15, 0.2) is 6.67 Å². The Bertz CT molecular complexity index is 315. The zero-order valence-corrected chi connectivity index (χ0v) is 9.55. The predicted molar refractivity (Wildman–Crippen MR) is 52.5 cm³/mol. The van der Waals surface area contributed by atoms with Crippen LogP contribution in [0.5, 0.6) is 0 Å². The van der Waals surface area contributed by atoms with Gasteiger partial charge in [0.1, 0.15) is 0 Å². The van der Waals surface area contributed by atoms with Crippen molar-refractivity contribution in [2.75, 3.05) is 33.1 Å². The monoisotopic (exact) mass is 243 g/mol. The van der Waals surface area contributed by atoms with Gasteiger partial charge in [-0.05, 0) is 0 Å². The van der Waals surface area contributed by atoms with Gasteiger partial charge in [-0.3, -0.25) is 9.87 Å². The van der Waals surface area contributed by atoms with Crippen molar-refractivity contribution >= 4 is 16.3 Å². The summed E-state index contributed by atoms with van der Waals surface area (Å²) in [6, 6.07) is 0. The maximum Gasteiger partial charge on any atom is 0.401 e. The van der Waals surface area contributed by atoms with Crippen molar-refractivity contribution < 1.29 is 26.6 Å². The van der Waals surface area contributed by atoms with Gasteiger partial charge in [-0.15, -0.1) is 4.39 Å². The first kappa shape index (κ1) is 14.3. The molecule has 8 heteroatoms. The van der Waals surface area contributed by atoms with Crippen LogP contribution >= 0.6 is 0 Å². The molecule has 2 N–H and O–H groups in total. The number of amides is 1. The molecule has 6 nitrogen and oxygen atoms in total. The van der Waals surface area contributed by atoms with E-state index in [9.17, 15) is 17.6 Å². The summed E-state index contributed by atoms with van der Waals surface area (Å²) in [5.41, 5.74) is 0. The van der Waals surface area contributed by atoms with Crippen LogP contribution in [-0.4, -0.2) is 56.7 Å². The number of rotatable bonds is 6. The van der Waals surface area contributed by atoms with Crippen LogP contribution in [0.15, 0.2) is 0 Å². The molecule has 0 bridgehead atoms. The van der Waals surface area contributed by atoms with Crippen LogP contribution in [-0.2, 0) is 10.1 Å². The minimum Gasteiger partial charge on any atom is -0.311 e. The van der Waals surface area contributed by atoms with Gasteiger partial charge in [0.2, 0.25) is 0 Å². The fourth-order valence-electron chi connectivity index (χ4n) is 1.03. The average molecular weight is 243 g/mol. The largest absolute Gasteiger partial charge is 0.401 e. The standard InChI is InChI=1S/C7H15FN2O4S/c1-10(2,6-9-7(8)11)4-3-5-15(12,13)14/h3-6H2,1-2H3,(H-,9,11,12,13,14)/p+1. The van der Waals surface area contributed by atoms with Crippen molar-refractivity contribution in [1.82, 2.24) is 5.32 Å². The summed E-state index contributed by atoms with van der Waals surface area (Å²) in [6.45, 7) is 0.473. The van der Waals surface area contributed by atoms with Crippen LogP contribution < -0.4 is 5.32 Å². The first-order valence-electron chi connectivity index (χ1n) is 4.33. The van der Waals surface area contributed by atoms with Gasteiger partial charge in [-0.2, -0.15) is 8.42 Å². The van der Waals surface area contributed by atoms with Gasteiger partial charge in [-0.25, -0.2) is 4.79 Å². The summed E-state index contributed by atoms with van der Waals surface area (Å²) >= 11 is 0. The third kappa shape index (κ3) is 9.57. The number of hydrogen-bond acceptors (Lipinski definition) is 3. The van der Waals surface area contributed by atoms with E-state index >= 15 is 0 Å². The minimum absolute atomic E-state index is 0.0702. The summed E-state index contributed by atoms with van der Waals surface area (Å²) in [7, 11) is -0.533. The third-order valence-corrected chi connectivity index (χ3v) is 2.62. The molecule has 0 heterocycles. The van der Waals surface area contributed by atoms with Crippen molar-refractivity contribution in [3.8, 4) is 0 Å². The van der Waals surface area contributed by atoms with Crippen molar-refractivity contribution in [2.45, 2.75) is 6.42 Å². The van der Waals surface area contributed by atoms with Crippen LogP contribution in [0.2, 0.25) is 0 Å². The highest BCUT2D eigenvalue weighted by molar-refractivity contribution is 7.85. The highest BCUT2D eigenvalue weighted by Gasteiger charge is 2.17. The van der Waals surface area contributed by atoms with Gasteiger partial charge >= 0.3 is 6.16 Å². The van der Waals surface area contributed by atoms with Crippen LogP contribution in [0.4, 0.5) is 9.18 Å². The topological polar surface area (TPSA) is 83.5 Å². The summed E-state index contributed by atoms with van der Waals surface area (Å²) in [4.78, 5) is 10.00. The number of carbonyl (C=O) groups excluding carboxylic acids is 1. The normalized spacial score (nSPS) is 12.5. The average Bonchev–Trinajstić information content (AvgIpc) is 1.98. The van der Waals surface area contributed by atoms with E-state index in [1.54, 1.807) is 14.1 Å². The Morgan fingerprint density at radius 3 is 2.40 bits per heavy atom. The van der Waals surface area contributed by atoms with E-state index in [-0.39, 0.29) is 23.3 Å². The van der Waals surface area contributed by atoms with Gasteiger partial charge in [-0.1, -0.05) is 0 Å². The van der Waals surface area contributed by atoms with Gasteiger partial charge in [0, 0.05) is 6.42 Å². The minimum atomic E-state index is -3.95. The maximum atomic E-state index is 11.8. The van der Waals surface area contributed by atoms with E-state index in [2.05, 4.69) is 0 Å². The number of quaternary nitrogens is 1. The Morgan fingerprint density at radius 2 is 2.00 bits per heavy atom. The highest BCUT2D eigenvalue weighted by atomic mass is 32.2. The molecule has 0 aromatic carbocycles. The number of nitrogens with zero attached hydrogens (tertiary/aromatic N) is 1. The zero-order valence-electron chi connectivity index (χ0n) is 8.73. The lowest BCUT2D eigenvalue weighted by atomic mass is 10.4. The van der Waals surface area contributed by atoms with Crippen LogP contribution in [0.1, 0.15) is 6.42 Å². The second kappa shape index (κ2) is 5.38. The summed E-state index contributed by atoms with van der Waals surface area (Å²) in [6.07, 6.45) is -1.37. The maximum absolute atomic E-state index is 11.8. The molecule has 0 atom stereocenters. The second-order valence-electron chi connectivity index (χ2n) is 3.91. The van der Waals surface area contributed by atoms with Crippen molar-refractivity contribution in [3.05, 3.63) is 0 Å². The lowest BCUT2D eigenvalue weighted by Crippen LogP contribution is -2.48. The Morgan fingerprint density at radius 1 is 1.47 bits per heavy atom. The SMILES string of the molecule is C[N+](C)(CCCS(=O)(=O)O)CNC(=O)F. The quantitative estimate of drug-likeness (QED) is 0.226. The fraction of sp³-hybridized carbons (Fsp3) is 0.857. The van der Waals surface area contributed by atoms with E-state index in [1.807, 2.05) is 5.32 Å². The molecule has 0 aromatic heterocycles. The highest BCUT2D eigenvalue weighted by Crippen LogP contribution is 1.99. The molecule has 0 aliphatic rings. The number of halogens is 1. The van der Waals surface area contributed by atoms with Gasteiger partial charge in [0.05, 0.1) is 26.4 Å². The molecule has 0 unspecified atom stereocenters. The van der Waals surface area contributed by atoms with Crippen LogP contribution in [0, 0.1) is 0 Å². The molecule has 0 spiro atoms. The van der Waals surface area contributed by atoms with E-state index in [0.717, 1.165) is 0 Å². The van der Waals surface area contributed by atoms with Crippen LogP contribution in [0.25, 0.3) is 0 Å².